The van der Waals surface area contributed by atoms with Gasteiger partial charge in [0.05, 0.1) is 17.2 Å². The molecule has 41 heavy (non-hydrogen) atoms. The van der Waals surface area contributed by atoms with E-state index in [-0.39, 0.29) is 23.3 Å². The Hall–Kier alpha value is -3.85. The number of rotatable bonds is 13. The molecule has 2 amide bonds. The minimum Gasteiger partial charge on any atom is -0.494 e. The van der Waals surface area contributed by atoms with Crippen molar-refractivity contribution in [3.8, 4) is 5.75 Å². The Morgan fingerprint density at radius 1 is 0.902 bits per heavy atom. The van der Waals surface area contributed by atoms with Crippen LogP contribution in [0, 0.1) is 19.8 Å². The van der Waals surface area contributed by atoms with Gasteiger partial charge in [-0.3, -0.25) is 13.9 Å². The number of carbonyl (C=O) groups is 2. The van der Waals surface area contributed by atoms with Crippen molar-refractivity contribution in [1.29, 1.82) is 0 Å². The first-order valence-corrected chi connectivity index (χ1v) is 15.3. The van der Waals surface area contributed by atoms with Crippen LogP contribution in [0.2, 0.25) is 0 Å². The molecular formula is C32H41N3O5S. The lowest BCUT2D eigenvalue weighted by Gasteiger charge is -2.32. The number of amides is 2. The molecule has 220 valence electrons. The third kappa shape index (κ3) is 8.33. The molecule has 0 heterocycles. The maximum Gasteiger partial charge on any atom is 0.264 e. The van der Waals surface area contributed by atoms with Crippen LogP contribution in [0.4, 0.5) is 5.69 Å². The van der Waals surface area contributed by atoms with Gasteiger partial charge in [-0.25, -0.2) is 8.42 Å². The fourth-order valence-corrected chi connectivity index (χ4v) is 5.66. The molecule has 0 unspecified atom stereocenters. The highest BCUT2D eigenvalue weighted by Crippen LogP contribution is 2.26. The number of sulfonamides is 1. The van der Waals surface area contributed by atoms with E-state index >= 15 is 0 Å². The Kier molecular flexibility index (Phi) is 10.9. The molecule has 3 rings (SSSR count). The van der Waals surface area contributed by atoms with E-state index in [1.807, 2.05) is 58.9 Å². The zero-order valence-electron chi connectivity index (χ0n) is 24.8. The average molecular weight is 580 g/mol. The molecule has 0 aliphatic heterocycles. The highest BCUT2D eigenvalue weighted by Gasteiger charge is 2.32. The first kappa shape index (κ1) is 31.7. The maximum absolute atomic E-state index is 14.0. The molecule has 0 aliphatic carbocycles. The highest BCUT2D eigenvalue weighted by atomic mass is 32.2. The van der Waals surface area contributed by atoms with Gasteiger partial charge in [0, 0.05) is 13.1 Å². The minimum absolute atomic E-state index is 0.0301. The molecule has 0 bridgehead atoms. The Morgan fingerprint density at radius 3 is 2.12 bits per heavy atom. The van der Waals surface area contributed by atoms with Crippen LogP contribution in [0.3, 0.4) is 0 Å². The zero-order valence-corrected chi connectivity index (χ0v) is 25.6. The predicted molar refractivity (Wildman–Crippen MR) is 162 cm³/mol. The lowest BCUT2D eigenvalue weighted by molar-refractivity contribution is -0.139. The van der Waals surface area contributed by atoms with Crippen LogP contribution in [0.15, 0.2) is 77.7 Å². The molecule has 0 saturated heterocycles. The van der Waals surface area contributed by atoms with Gasteiger partial charge in [-0.2, -0.15) is 0 Å². The molecule has 0 aliphatic rings. The summed E-state index contributed by atoms with van der Waals surface area (Å²) in [5.74, 6) is 0.00503. The number of hydrogen-bond donors (Lipinski definition) is 1. The van der Waals surface area contributed by atoms with E-state index in [0.29, 0.717) is 24.6 Å². The topological polar surface area (TPSA) is 96.0 Å². The van der Waals surface area contributed by atoms with Gasteiger partial charge < -0.3 is 15.0 Å². The highest BCUT2D eigenvalue weighted by molar-refractivity contribution is 7.92. The molecule has 0 radical (unpaired) electrons. The molecular weight excluding hydrogens is 538 g/mol. The van der Waals surface area contributed by atoms with Gasteiger partial charge in [-0.05, 0) is 81.1 Å². The number of aryl methyl sites for hydroxylation is 2. The quantitative estimate of drug-likeness (QED) is 0.305. The number of anilines is 1. The third-order valence-electron chi connectivity index (χ3n) is 6.78. The second kappa shape index (κ2) is 14.2. The van der Waals surface area contributed by atoms with Crippen molar-refractivity contribution < 1.29 is 22.7 Å². The first-order valence-electron chi connectivity index (χ1n) is 13.9. The van der Waals surface area contributed by atoms with Gasteiger partial charge >= 0.3 is 0 Å². The lowest BCUT2D eigenvalue weighted by atomic mass is 10.1. The fourth-order valence-electron chi connectivity index (χ4n) is 4.25. The molecule has 0 saturated carbocycles. The molecule has 0 spiro atoms. The molecule has 8 nitrogen and oxygen atoms in total. The second-order valence-corrected chi connectivity index (χ2v) is 12.4. The monoisotopic (exact) mass is 579 g/mol. The van der Waals surface area contributed by atoms with E-state index in [1.165, 1.54) is 17.0 Å². The van der Waals surface area contributed by atoms with Crippen molar-refractivity contribution in [3.63, 3.8) is 0 Å². The normalized spacial score (nSPS) is 12.1. The Balaban J connectivity index is 2.01. The summed E-state index contributed by atoms with van der Waals surface area (Å²) >= 11 is 0. The van der Waals surface area contributed by atoms with Crippen LogP contribution in [-0.2, 0) is 26.2 Å². The van der Waals surface area contributed by atoms with Crippen molar-refractivity contribution >= 4 is 27.5 Å². The van der Waals surface area contributed by atoms with Crippen LogP contribution < -0.4 is 14.4 Å². The first-order chi connectivity index (χ1) is 19.4. The standard InChI is InChI=1S/C32H41N3O5S/c1-7-40-29-16-18-30(19-17-29)41(38,39)35(28-14-12-24(4)13-15-28)22-31(36)34(21-27-11-9-8-10-25(27)5)26(6)32(37)33-20-23(2)3/h8-19,23,26H,7,20-22H2,1-6H3,(H,33,37)/t26-/m1/s1. The van der Waals surface area contributed by atoms with Crippen molar-refractivity contribution in [2.75, 3.05) is 24.0 Å². The second-order valence-electron chi connectivity index (χ2n) is 10.5. The summed E-state index contributed by atoms with van der Waals surface area (Å²) in [5, 5.41) is 2.90. The average Bonchev–Trinajstić information content (AvgIpc) is 2.94. The summed E-state index contributed by atoms with van der Waals surface area (Å²) in [5.41, 5.74) is 3.15. The van der Waals surface area contributed by atoms with E-state index in [4.69, 9.17) is 4.74 Å². The predicted octanol–water partition coefficient (Wildman–Crippen LogP) is 5.09. The van der Waals surface area contributed by atoms with Gasteiger partial charge in [-0.15, -0.1) is 0 Å². The number of nitrogens with one attached hydrogen (secondary N) is 1. The third-order valence-corrected chi connectivity index (χ3v) is 8.57. The minimum atomic E-state index is -4.15. The van der Waals surface area contributed by atoms with Crippen molar-refractivity contribution in [2.24, 2.45) is 5.92 Å². The molecule has 3 aromatic rings. The maximum atomic E-state index is 14.0. The Bertz CT molecular complexity index is 1420. The summed E-state index contributed by atoms with van der Waals surface area (Å²) in [4.78, 5) is 28.6. The van der Waals surface area contributed by atoms with Crippen LogP contribution in [0.25, 0.3) is 0 Å². The number of hydrogen-bond acceptors (Lipinski definition) is 5. The largest absolute Gasteiger partial charge is 0.494 e. The summed E-state index contributed by atoms with van der Waals surface area (Å²) in [6, 6.07) is 19.9. The van der Waals surface area contributed by atoms with E-state index in [2.05, 4.69) is 5.32 Å². The molecule has 1 atom stereocenters. The smallest absolute Gasteiger partial charge is 0.264 e. The van der Waals surface area contributed by atoms with Gasteiger partial charge in [0.15, 0.2) is 0 Å². The molecule has 0 fully saturated rings. The summed E-state index contributed by atoms with van der Waals surface area (Å²) in [6.07, 6.45) is 0. The summed E-state index contributed by atoms with van der Waals surface area (Å²) in [6.45, 7) is 12.0. The van der Waals surface area contributed by atoms with Crippen LogP contribution in [0.5, 0.6) is 5.75 Å². The number of nitrogens with zero attached hydrogens (tertiary/aromatic N) is 2. The van der Waals surface area contributed by atoms with Gasteiger partial charge in [0.1, 0.15) is 18.3 Å². The number of carbonyl (C=O) groups excluding carboxylic acids is 2. The van der Waals surface area contributed by atoms with E-state index in [0.717, 1.165) is 21.0 Å². The van der Waals surface area contributed by atoms with Crippen LogP contribution in [-0.4, -0.2) is 50.9 Å². The van der Waals surface area contributed by atoms with Crippen molar-refractivity contribution in [1.82, 2.24) is 10.2 Å². The lowest BCUT2D eigenvalue weighted by Crippen LogP contribution is -2.51. The fraction of sp³-hybridized carbons (Fsp3) is 0.375. The molecule has 3 aromatic carbocycles. The van der Waals surface area contributed by atoms with E-state index in [9.17, 15) is 18.0 Å². The number of ether oxygens (including phenoxy) is 1. The Morgan fingerprint density at radius 2 is 1.54 bits per heavy atom. The van der Waals surface area contributed by atoms with Gasteiger partial charge in [0.25, 0.3) is 10.0 Å². The van der Waals surface area contributed by atoms with Crippen molar-refractivity contribution in [3.05, 3.63) is 89.5 Å². The van der Waals surface area contributed by atoms with E-state index in [1.54, 1.807) is 43.3 Å². The van der Waals surface area contributed by atoms with Crippen molar-refractivity contribution in [2.45, 2.75) is 59.0 Å². The SMILES string of the molecule is CCOc1ccc(S(=O)(=O)N(CC(=O)N(Cc2ccccc2C)[C@H](C)C(=O)NCC(C)C)c2ccc(C)cc2)cc1. The zero-order chi connectivity index (χ0) is 30.2. The molecule has 1 N–H and O–H groups in total. The van der Waals surface area contributed by atoms with E-state index < -0.39 is 28.5 Å². The van der Waals surface area contributed by atoms with Gasteiger partial charge in [-0.1, -0.05) is 55.8 Å². The Labute approximate surface area is 244 Å². The number of benzene rings is 3. The van der Waals surface area contributed by atoms with Crippen LogP contribution in [0.1, 0.15) is 44.4 Å². The summed E-state index contributed by atoms with van der Waals surface area (Å²) in [7, 11) is -4.15. The summed E-state index contributed by atoms with van der Waals surface area (Å²) < 4.78 is 34.5. The molecule has 9 heteroatoms. The van der Waals surface area contributed by atoms with Crippen LogP contribution >= 0.6 is 0 Å². The van der Waals surface area contributed by atoms with Gasteiger partial charge in [0.2, 0.25) is 11.8 Å². The molecule has 0 aromatic heterocycles.